The Labute approximate surface area is 119 Å². The van der Waals surface area contributed by atoms with Crippen LogP contribution in [0.3, 0.4) is 0 Å². The van der Waals surface area contributed by atoms with E-state index >= 15 is 0 Å². The Morgan fingerprint density at radius 3 is 2.55 bits per heavy atom. The second kappa shape index (κ2) is 5.99. The molecule has 2 aliphatic rings. The standard InChI is InChI=1S/C13H23NO5S/c1-19-12(15)10-5-4-6-11(10)20(17,18)14-9-13(16)7-2-3-8-13/h10-11,14,16H,2-9H2,1H3. The van der Waals surface area contributed by atoms with Crippen molar-refractivity contribution in [1.29, 1.82) is 0 Å². The van der Waals surface area contributed by atoms with Gasteiger partial charge < -0.3 is 9.84 Å². The molecule has 2 atom stereocenters. The zero-order valence-electron chi connectivity index (χ0n) is 11.8. The van der Waals surface area contributed by atoms with Crippen LogP contribution >= 0.6 is 0 Å². The third-order valence-corrected chi connectivity index (χ3v) is 6.40. The Hall–Kier alpha value is -0.660. The van der Waals surface area contributed by atoms with E-state index in [-0.39, 0.29) is 6.54 Å². The van der Waals surface area contributed by atoms with Gasteiger partial charge in [0.2, 0.25) is 10.0 Å². The van der Waals surface area contributed by atoms with Crippen molar-refractivity contribution in [1.82, 2.24) is 4.72 Å². The van der Waals surface area contributed by atoms with Gasteiger partial charge in [0.15, 0.2) is 0 Å². The highest BCUT2D eigenvalue weighted by atomic mass is 32.2. The SMILES string of the molecule is COC(=O)C1CCCC1S(=O)(=O)NCC1(O)CCCC1. The van der Waals surface area contributed by atoms with E-state index < -0.39 is 32.8 Å². The van der Waals surface area contributed by atoms with E-state index in [2.05, 4.69) is 9.46 Å². The van der Waals surface area contributed by atoms with Crippen LogP contribution in [0.1, 0.15) is 44.9 Å². The quantitative estimate of drug-likeness (QED) is 0.724. The summed E-state index contributed by atoms with van der Waals surface area (Å²) in [6, 6.07) is 0. The fraction of sp³-hybridized carbons (Fsp3) is 0.923. The number of sulfonamides is 1. The first-order valence-electron chi connectivity index (χ1n) is 7.17. The largest absolute Gasteiger partial charge is 0.469 e. The highest BCUT2D eigenvalue weighted by Gasteiger charge is 2.43. The van der Waals surface area contributed by atoms with Crippen molar-refractivity contribution in [3.63, 3.8) is 0 Å². The molecule has 0 spiro atoms. The molecule has 0 aromatic heterocycles. The van der Waals surface area contributed by atoms with Crippen molar-refractivity contribution in [2.75, 3.05) is 13.7 Å². The van der Waals surface area contributed by atoms with Crippen molar-refractivity contribution in [3.05, 3.63) is 0 Å². The van der Waals surface area contributed by atoms with Crippen LogP contribution in [0.25, 0.3) is 0 Å². The van der Waals surface area contributed by atoms with Gasteiger partial charge in [-0.1, -0.05) is 19.3 Å². The summed E-state index contributed by atoms with van der Waals surface area (Å²) in [6.45, 7) is 0.0414. The van der Waals surface area contributed by atoms with Crippen molar-refractivity contribution >= 4 is 16.0 Å². The van der Waals surface area contributed by atoms with Crippen molar-refractivity contribution in [2.45, 2.75) is 55.8 Å². The maximum atomic E-state index is 12.3. The molecular formula is C13H23NO5S. The molecule has 2 saturated carbocycles. The number of nitrogens with one attached hydrogen (secondary N) is 1. The van der Waals surface area contributed by atoms with Gasteiger partial charge in [0.1, 0.15) is 0 Å². The van der Waals surface area contributed by atoms with Crippen molar-refractivity contribution < 1.29 is 23.1 Å². The minimum absolute atomic E-state index is 0.0414. The topological polar surface area (TPSA) is 92.7 Å². The molecule has 0 heterocycles. The first-order valence-corrected chi connectivity index (χ1v) is 8.71. The number of hydrogen-bond donors (Lipinski definition) is 2. The van der Waals surface area contributed by atoms with Gasteiger partial charge in [-0.25, -0.2) is 13.1 Å². The average Bonchev–Trinajstić information content (AvgIpc) is 3.05. The second-order valence-corrected chi connectivity index (χ2v) is 7.88. The van der Waals surface area contributed by atoms with Crippen LogP contribution in [0.15, 0.2) is 0 Å². The molecule has 0 saturated heterocycles. The Bertz CT molecular complexity index is 455. The molecule has 2 fully saturated rings. The van der Waals surface area contributed by atoms with Gasteiger partial charge in [-0.2, -0.15) is 0 Å². The van der Waals surface area contributed by atoms with E-state index in [1.54, 1.807) is 0 Å². The molecule has 2 aliphatic carbocycles. The summed E-state index contributed by atoms with van der Waals surface area (Å²) in [7, 11) is -2.32. The van der Waals surface area contributed by atoms with E-state index in [1.807, 2.05) is 0 Å². The van der Waals surface area contributed by atoms with Crippen molar-refractivity contribution in [2.24, 2.45) is 5.92 Å². The summed E-state index contributed by atoms with van der Waals surface area (Å²) >= 11 is 0. The number of ether oxygens (including phenoxy) is 1. The Morgan fingerprint density at radius 1 is 1.30 bits per heavy atom. The number of methoxy groups -OCH3 is 1. The van der Waals surface area contributed by atoms with Crippen LogP contribution < -0.4 is 4.72 Å². The molecular weight excluding hydrogens is 282 g/mol. The predicted molar refractivity (Wildman–Crippen MR) is 73.5 cm³/mol. The van der Waals surface area contributed by atoms with E-state index in [4.69, 9.17) is 0 Å². The minimum atomic E-state index is -3.60. The average molecular weight is 305 g/mol. The zero-order chi connectivity index (χ0) is 14.8. The number of carbonyl (C=O) groups is 1. The van der Waals surface area contributed by atoms with Gasteiger partial charge in [0, 0.05) is 6.54 Å². The molecule has 0 radical (unpaired) electrons. The normalized spacial score (nSPS) is 29.5. The number of carbonyl (C=O) groups excluding carboxylic acids is 1. The van der Waals surface area contributed by atoms with Gasteiger partial charge in [0.25, 0.3) is 0 Å². The van der Waals surface area contributed by atoms with Crippen LogP contribution in [0.2, 0.25) is 0 Å². The lowest BCUT2D eigenvalue weighted by Crippen LogP contribution is -2.46. The molecule has 0 bridgehead atoms. The number of rotatable bonds is 5. The predicted octanol–water partition coefficient (Wildman–Crippen LogP) is 0.553. The summed E-state index contributed by atoms with van der Waals surface area (Å²) < 4.78 is 31.8. The second-order valence-electron chi connectivity index (χ2n) is 5.90. The van der Waals surface area contributed by atoms with Crippen LogP contribution in [0.4, 0.5) is 0 Å². The number of hydrogen-bond acceptors (Lipinski definition) is 5. The molecule has 7 heteroatoms. The highest BCUT2D eigenvalue weighted by molar-refractivity contribution is 7.90. The molecule has 0 amide bonds. The van der Waals surface area contributed by atoms with Gasteiger partial charge in [-0.15, -0.1) is 0 Å². The molecule has 0 aliphatic heterocycles. The molecule has 20 heavy (non-hydrogen) atoms. The van der Waals surface area contributed by atoms with E-state index in [0.29, 0.717) is 32.1 Å². The zero-order valence-corrected chi connectivity index (χ0v) is 12.6. The molecule has 2 unspecified atom stereocenters. The Balaban J connectivity index is 2.00. The van der Waals surface area contributed by atoms with Crippen molar-refractivity contribution in [3.8, 4) is 0 Å². The van der Waals surface area contributed by atoms with E-state index in [9.17, 15) is 18.3 Å². The molecule has 0 aromatic rings. The third kappa shape index (κ3) is 3.32. The molecule has 116 valence electrons. The molecule has 2 N–H and O–H groups in total. The smallest absolute Gasteiger partial charge is 0.310 e. The number of aliphatic hydroxyl groups is 1. The molecule has 0 aromatic carbocycles. The minimum Gasteiger partial charge on any atom is -0.469 e. The van der Waals surface area contributed by atoms with E-state index in [0.717, 1.165) is 12.8 Å². The van der Waals surface area contributed by atoms with Gasteiger partial charge in [0.05, 0.1) is 23.9 Å². The summed E-state index contributed by atoms with van der Waals surface area (Å²) in [5.41, 5.74) is -0.924. The highest BCUT2D eigenvalue weighted by Crippen LogP contribution is 2.33. The van der Waals surface area contributed by atoms with Gasteiger partial charge in [-0.05, 0) is 25.7 Å². The van der Waals surface area contributed by atoms with Crippen LogP contribution in [-0.2, 0) is 19.6 Å². The van der Waals surface area contributed by atoms with Gasteiger partial charge in [-0.3, -0.25) is 4.79 Å². The Morgan fingerprint density at radius 2 is 1.95 bits per heavy atom. The number of esters is 1. The Kier molecular flexibility index (Phi) is 4.71. The fourth-order valence-electron chi connectivity index (χ4n) is 3.27. The monoisotopic (exact) mass is 305 g/mol. The van der Waals surface area contributed by atoms with Crippen LogP contribution in [-0.4, -0.2) is 44.0 Å². The lowest BCUT2D eigenvalue weighted by atomic mass is 10.0. The summed E-state index contributed by atoms with van der Waals surface area (Å²) in [4.78, 5) is 11.6. The van der Waals surface area contributed by atoms with Crippen LogP contribution in [0.5, 0.6) is 0 Å². The first kappa shape index (κ1) is 15.7. The van der Waals surface area contributed by atoms with E-state index in [1.165, 1.54) is 7.11 Å². The maximum absolute atomic E-state index is 12.3. The maximum Gasteiger partial charge on any atom is 0.310 e. The van der Waals surface area contributed by atoms with Gasteiger partial charge >= 0.3 is 5.97 Å². The molecule has 2 rings (SSSR count). The third-order valence-electron chi connectivity index (χ3n) is 4.49. The van der Waals surface area contributed by atoms with Crippen LogP contribution in [0, 0.1) is 5.92 Å². The summed E-state index contributed by atoms with van der Waals surface area (Å²) in [5.74, 6) is -1.05. The lowest BCUT2D eigenvalue weighted by molar-refractivity contribution is -0.145. The fourth-order valence-corrected chi connectivity index (χ4v) is 5.11. The first-order chi connectivity index (χ1) is 9.38. The lowest BCUT2D eigenvalue weighted by Gasteiger charge is -2.25. The molecule has 6 nitrogen and oxygen atoms in total. The summed E-state index contributed by atoms with van der Waals surface area (Å²) in [5, 5.41) is 9.46. The summed E-state index contributed by atoms with van der Waals surface area (Å²) in [6.07, 6.45) is 4.81.